The molecule has 2 saturated heterocycles. The zero-order valence-electron chi connectivity index (χ0n) is 9.37. The molecule has 0 saturated carbocycles. The van der Waals surface area contributed by atoms with Crippen LogP contribution in [0.3, 0.4) is 0 Å². The highest BCUT2D eigenvalue weighted by Gasteiger charge is 2.29. The molecule has 2 aliphatic heterocycles. The Morgan fingerprint density at radius 3 is 2.93 bits per heavy atom. The minimum absolute atomic E-state index is 0.185. The van der Waals surface area contributed by atoms with Crippen LogP contribution in [0.4, 0.5) is 0 Å². The molecule has 0 bridgehead atoms. The second kappa shape index (κ2) is 4.94. The number of carbonyl (C=O) groups is 1. The second-order valence-electron chi connectivity index (χ2n) is 4.51. The lowest BCUT2D eigenvalue weighted by atomic mass is 9.97. The van der Waals surface area contributed by atoms with Crippen LogP contribution < -0.4 is 5.32 Å². The summed E-state index contributed by atoms with van der Waals surface area (Å²) in [6.07, 6.45) is 3.14. The van der Waals surface area contributed by atoms with Gasteiger partial charge in [0.05, 0.1) is 18.6 Å². The van der Waals surface area contributed by atoms with Crippen LogP contribution in [-0.4, -0.2) is 50.2 Å². The van der Waals surface area contributed by atoms with Crippen LogP contribution in [0.5, 0.6) is 0 Å². The second-order valence-corrected chi connectivity index (χ2v) is 4.51. The number of amides is 1. The number of rotatable bonds is 2. The maximum atomic E-state index is 12.1. The maximum absolute atomic E-state index is 12.1. The number of hydrogen-bond donors (Lipinski definition) is 1. The molecule has 0 aliphatic carbocycles. The molecule has 15 heavy (non-hydrogen) atoms. The molecule has 2 heterocycles. The summed E-state index contributed by atoms with van der Waals surface area (Å²) in [7, 11) is 1.91. The summed E-state index contributed by atoms with van der Waals surface area (Å²) in [5.41, 5.74) is 0. The molecule has 0 radical (unpaired) electrons. The molecule has 1 amide bonds. The maximum Gasteiger partial charge on any atom is 0.227 e. The van der Waals surface area contributed by atoms with E-state index in [0.29, 0.717) is 12.6 Å². The van der Waals surface area contributed by atoms with Crippen LogP contribution in [0.1, 0.15) is 19.3 Å². The summed E-state index contributed by atoms with van der Waals surface area (Å²) in [5.74, 6) is 0.474. The van der Waals surface area contributed by atoms with Crippen LogP contribution in [0.25, 0.3) is 0 Å². The predicted molar refractivity (Wildman–Crippen MR) is 57.6 cm³/mol. The molecule has 0 spiro atoms. The van der Waals surface area contributed by atoms with Crippen molar-refractivity contribution in [2.75, 3.05) is 33.4 Å². The number of hydrogen-bond acceptors (Lipinski definition) is 3. The molecule has 4 nitrogen and oxygen atoms in total. The smallest absolute Gasteiger partial charge is 0.227 e. The first-order chi connectivity index (χ1) is 7.29. The van der Waals surface area contributed by atoms with Crippen molar-refractivity contribution in [2.24, 2.45) is 5.92 Å². The van der Waals surface area contributed by atoms with E-state index in [1.54, 1.807) is 0 Å². The van der Waals surface area contributed by atoms with Crippen LogP contribution in [-0.2, 0) is 9.53 Å². The summed E-state index contributed by atoms with van der Waals surface area (Å²) >= 11 is 0. The van der Waals surface area contributed by atoms with Gasteiger partial charge in [-0.3, -0.25) is 4.79 Å². The van der Waals surface area contributed by atoms with Gasteiger partial charge >= 0.3 is 0 Å². The Hall–Kier alpha value is -0.610. The van der Waals surface area contributed by atoms with Gasteiger partial charge in [0.1, 0.15) is 0 Å². The van der Waals surface area contributed by atoms with Gasteiger partial charge in [-0.25, -0.2) is 0 Å². The molecule has 0 aromatic heterocycles. The number of piperidine rings is 1. The van der Waals surface area contributed by atoms with Gasteiger partial charge < -0.3 is 15.0 Å². The van der Waals surface area contributed by atoms with Gasteiger partial charge in [-0.1, -0.05) is 0 Å². The predicted octanol–water partition coefficient (Wildman–Crippen LogP) is 0.233. The summed E-state index contributed by atoms with van der Waals surface area (Å²) in [5, 5.41) is 3.28. The van der Waals surface area contributed by atoms with E-state index in [9.17, 15) is 4.79 Å². The third-order valence-corrected chi connectivity index (χ3v) is 3.45. The van der Waals surface area contributed by atoms with Crippen LogP contribution in [0.2, 0.25) is 0 Å². The van der Waals surface area contributed by atoms with E-state index in [-0.39, 0.29) is 11.8 Å². The SMILES string of the molecule is CN(C(=O)[C@@H]1CCCNC1)C1CCOC1. The molecular weight excluding hydrogens is 192 g/mol. The van der Waals surface area contributed by atoms with E-state index in [1.165, 1.54) is 0 Å². The quantitative estimate of drug-likeness (QED) is 0.712. The zero-order valence-corrected chi connectivity index (χ0v) is 9.37. The topological polar surface area (TPSA) is 41.6 Å². The highest BCUT2D eigenvalue weighted by molar-refractivity contribution is 5.79. The van der Waals surface area contributed by atoms with Crippen molar-refractivity contribution in [3.8, 4) is 0 Å². The average molecular weight is 212 g/mol. The lowest BCUT2D eigenvalue weighted by Crippen LogP contribution is -2.45. The Morgan fingerprint density at radius 2 is 2.33 bits per heavy atom. The molecule has 1 N–H and O–H groups in total. The number of nitrogens with zero attached hydrogens (tertiary/aromatic N) is 1. The first-order valence-corrected chi connectivity index (χ1v) is 5.84. The fourth-order valence-electron chi connectivity index (χ4n) is 2.36. The summed E-state index contributed by atoms with van der Waals surface area (Å²) in [4.78, 5) is 14.0. The minimum Gasteiger partial charge on any atom is -0.379 e. The van der Waals surface area contributed by atoms with Gasteiger partial charge in [0.15, 0.2) is 0 Å². The molecule has 2 rings (SSSR count). The summed E-state index contributed by atoms with van der Waals surface area (Å²) in [6.45, 7) is 3.41. The molecule has 2 aliphatic rings. The third kappa shape index (κ3) is 2.49. The van der Waals surface area contributed by atoms with Crippen molar-refractivity contribution in [3.63, 3.8) is 0 Å². The van der Waals surface area contributed by atoms with Crippen molar-refractivity contribution in [3.05, 3.63) is 0 Å². The Labute approximate surface area is 91.0 Å². The highest BCUT2D eigenvalue weighted by atomic mass is 16.5. The monoisotopic (exact) mass is 212 g/mol. The summed E-state index contributed by atoms with van der Waals surface area (Å²) < 4.78 is 5.31. The van der Waals surface area contributed by atoms with E-state index < -0.39 is 0 Å². The average Bonchev–Trinajstić information content (AvgIpc) is 2.82. The number of ether oxygens (including phenoxy) is 1. The molecule has 0 aromatic rings. The summed E-state index contributed by atoms with van der Waals surface area (Å²) in [6, 6.07) is 0.305. The number of likely N-dealkylation sites (N-methyl/N-ethyl adjacent to an activating group) is 1. The lowest BCUT2D eigenvalue weighted by Gasteiger charge is -2.30. The van der Waals surface area contributed by atoms with Crippen LogP contribution in [0, 0.1) is 5.92 Å². The Kier molecular flexibility index (Phi) is 3.59. The van der Waals surface area contributed by atoms with Crippen molar-refractivity contribution < 1.29 is 9.53 Å². The molecule has 0 aromatic carbocycles. The van der Waals surface area contributed by atoms with Crippen LogP contribution >= 0.6 is 0 Å². The van der Waals surface area contributed by atoms with E-state index in [4.69, 9.17) is 4.74 Å². The first-order valence-electron chi connectivity index (χ1n) is 5.84. The molecule has 2 atom stereocenters. The standard InChI is InChI=1S/C11H20N2O2/c1-13(10-4-6-15-8-10)11(14)9-3-2-5-12-7-9/h9-10,12H,2-8H2,1H3/t9-,10?/m1/s1. The fourth-order valence-corrected chi connectivity index (χ4v) is 2.36. The van der Waals surface area contributed by atoms with Crippen molar-refractivity contribution in [2.45, 2.75) is 25.3 Å². The van der Waals surface area contributed by atoms with Crippen molar-refractivity contribution in [1.82, 2.24) is 10.2 Å². The third-order valence-electron chi connectivity index (χ3n) is 3.45. The Balaban J connectivity index is 1.87. The minimum atomic E-state index is 0.185. The van der Waals surface area contributed by atoms with E-state index in [0.717, 1.165) is 39.0 Å². The highest BCUT2D eigenvalue weighted by Crippen LogP contribution is 2.17. The normalized spacial score (nSPS) is 31.5. The fraction of sp³-hybridized carbons (Fsp3) is 0.909. The number of carbonyl (C=O) groups excluding carboxylic acids is 1. The molecule has 4 heteroatoms. The van der Waals surface area contributed by atoms with E-state index >= 15 is 0 Å². The van der Waals surface area contributed by atoms with Crippen molar-refractivity contribution in [1.29, 1.82) is 0 Å². The van der Waals surface area contributed by atoms with E-state index in [2.05, 4.69) is 5.32 Å². The molecular formula is C11H20N2O2. The molecule has 86 valence electrons. The molecule has 1 unspecified atom stereocenters. The van der Waals surface area contributed by atoms with E-state index in [1.807, 2.05) is 11.9 Å². The van der Waals surface area contributed by atoms with Gasteiger partial charge in [0.2, 0.25) is 5.91 Å². The van der Waals surface area contributed by atoms with Crippen LogP contribution in [0.15, 0.2) is 0 Å². The Bertz CT molecular complexity index is 221. The van der Waals surface area contributed by atoms with Gasteiger partial charge in [-0.15, -0.1) is 0 Å². The first kappa shape index (κ1) is 10.9. The number of nitrogens with one attached hydrogen (secondary N) is 1. The largest absolute Gasteiger partial charge is 0.379 e. The van der Waals surface area contributed by atoms with Crippen molar-refractivity contribution >= 4 is 5.91 Å². The lowest BCUT2D eigenvalue weighted by molar-refractivity contribution is -0.136. The van der Waals surface area contributed by atoms with Gasteiger partial charge in [0, 0.05) is 20.2 Å². The van der Waals surface area contributed by atoms with Gasteiger partial charge in [0.25, 0.3) is 0 Å². The Morgan fingerprint density at radius 1 is 1.47 bits per heavy atom. The zero-order chi connectivity index (χ0) is 10.7. The molecule has 2 fully saturated rings. The van der Waals surface area contributed by atoms with Gasteiger partial charge in [-0.2, -0.15) is 0 Å². The van der Waals surface area contributed by atoms with Gasteiger partial charge in [-0.05, 0) is 25.8 Å².